The van der Waals surface area contributed by atoms with Gasteiger partial charge in [-0.2, -0.15) is 0 Å². The van der Waals surface area contributed by atoms with Crippen molar-refractivity contribution < 1.29 is 4.79 Å². The molecule has 0 spiro atoms. The van der Waals surface area contributed by atoms with Crippen LogP contribution in [0.1, 0.15) is 10.4 Å². The van der Waals surface area contributed by atoms with Crippen LogP contribution in [0.4, 0.5) is 0 Å². The number of rotatable bonds is 2. The minimum Gasteiger partial charge on any atom is -0.316 e. The predicted octanol–water partition coefficient (Wildman–Crippen LogP) is 4.21. The van der Waals surface area contributed by atoms with E-state index in [-0.39, 0.29) is 0 Å². The van der Waals surface area contributed by atoms with Gasteiger partial charge >= 0.3 is 0 Å². The van der Waals surface area contributed by atoms with E-state index < -0.39 is 0 Å². The van der Waals surface area contributed by atoms with Crippen LogP contribution >= 0.6 is 15.9 Å². The molecule has 3 aromatic rings. The summed E-state index contributed by atoms with van der Waals surface area (Å²) in [5, 5.41) is 0.969. The van der Waals surface area contributed by atoms with Gasteiger partial charge in [0, 0.05) is 27.3 Å². The minimum absolute atomic E-state index is 0.710. The maximum absolute atomic E-state index is 11.1. The second kappa shape index (κ2) is 4.42. The highest BCUT2D eigenvalue weighted by Gasteiger charge is 2.09. The molecule has 2 nitrogen and oxygen atoms in total. The third-order valence-electron chi connectivity index (χ3n) is 2.96. The molecule has 2 aromatic carbocycles. The lowest BCUT2D eigenvalue weighted by Crippen LogP contribution is -1.90. The Balaban J connectivity index is 2.36. The normalized spacial score (nSPS) is 10.7. The van der Waals surface area contributed by atoms with E-state index in [2.05, 4.69) is 15.9 Å². The quantitative estimate of drug-likeness (QED) is 0.650. The molecule has 0 N–H and O–H groups in total. The monoisotopic (exact) mass is 299 g/mol. The second-order valence-electron chi connectivity index (χ2n) is 4.07. The van der Waals surface area contributed by atoms with Gasteiger partial charge in [0.1, 0.15) is 0 Å². The number of benzene rings is 2. The summed E-state index contributed by atoms with van der Waals surface area (Å²) >= 11 is 3.47. The van der Waals surface area contributed by atoms with E-state index in [4.69, 9.17) is 0 Å². The highest BCUT2D eigenvalue weighted by atomic mass is 79.9. The van der Waals surface area contributed by atoms with Crippen molar-refractivity contribution in [3.63, 3.8) is 0 Å². The molecule has 0 aliphatic carbocycles. The number of hydrogen-bond acceptors (Lipinski definition) is 1. The van der Waals surface area contributed by atoms with Crippen molar-refractivity contribution in [3.05, 3.63) is 64.8 Å². The summed E-state index contributed by atoms with van der Waals surface area (Å²) in [7, 11) is 0. The lowest BCUT2D eigenvalue weighted by atomic mass is 10.2. The molecule has 18 heavy (non-hydrogen) atoms. The zero-order valence-corrected chi connectivity index (χ0v) is 11.1. The largest absolute Gasteiger partial charge is 0.316 e. The number of fused-ring (bicyclic) bond motifs is 1. The third kappa shape index (κ3) is 1.77. The zero-order chi connectivity index (χ0) is 12.5. The minimum atomic E-state index is 0.710. The summed E-state index contributed by atoms with van der Waals surface area (Å²) < 4.78 is 3.03. The smallest absolute Gasteiger partial charge is 0.152 e. The zero-order valence-electron chi connectivity index (χ0n) is 9.51. The number of halogens is 1. The van der Waals surface area contributed by atoms with Crippen LogP contribution in [0.2, 0.25) is 0 Å². The van der Waals surface area contributed by atoms with Gasteiger partial charge in [-0.15, -0.1) is 0 Å². The first kappa shape index (κ1) is 11.2. The molecule has 3 heteroatoms. The number of carbonyl (C=O) groups is 1. The van der Waals surface area contributed by atoms with Crippen LogP contribution in [-0.2, 0) is 0 Å². The van der Waals surface area contributed by atoms with Crippen molar-refractivity contribution in [2.75, 3.05) is 0 Å². The van der Waals surface area contributed by atoms with Gasteiger partial charge in [-0.1, -0.05) is 40.2 Å². The lowest BCUT2D eigenvalue weighted by Gasteiger charge is -2.04. The van der Waals surface area contributed by atoms with Gasteiger partial charge in [-0.05, 0) is 24.3 Å². The maximum atomic E-state index is 11.1. The van der Waals surface area contributed by atoms with E-state index in [0.29, 0.717) is 5.56 Å². The molecule has 0 aliphatic rings. The summed E-state index contributed by atoms with van der Waals surface area (Å²) in [4.78, 5) is 11.1. The van der Waals surface area contributed by atoms with E-state index in [1.165, 1.54) is 0 Å². The molecule has 3 rings (SSSR count). The summed E-state index contributed by atoms with van der Waals surface area (Å²) in [6.07, 6.45) is 2.77. The van der Waals surface area contributed by atoms with Gasteiger partial charge < -0.3 is 4.57 Å². The van der Waals surface area contributed by atoms with E-state index in [1.807, 2.05) is 59.3 Å². The van der Waals surface area contributed by atoms with Crippen LogP contribution in [0.25, 0.3) is 16.6 Å². The molecule has 0 radical (unpaired) electrons. The first-order chi connectivity index (χ1) is 8.79. The Labute approximate surface area is 113 Å². The molecule has 0 saturated heterocycles. The highest BCUT2D eigenvalue weighted by molar-refractivity contribution is 9.10. The fourth-order valence-corrected chi connectivity index (χ4v) is 2.47. The first-order valence-corrected chi connectivity index (χ1v) is 6.40. The van der Waals surface area contributed by atoms with E-state index in [0.717, 1.165) is 27.3 Å². The van der Waals surface area contributed by atoms with Gasteiger partial charge in [-0.3, -0.25) is 4.79 Å². The molecular weight excluding hydrogens is 290 g/mol. The molecule has 0 fully saturated rings. The molecule has 0 amide bonds. The molecule has 0 bridgehead atoms. The fourth-order valence-electron chi connectivity index (χ4n) is 2.12. The van der Waals surface area contributed by atoms with Crippen LogP contribution < -0.4 is 0 Å². The van der Waals surface area contributed by atoms with Crippen LogP contribution in [0.15, 0.2) is 59.2 Å². The Morgan fingerprint density at radius 2 is 1.83 bits per heavy atom. The Bertz CT molecular complexity index is 716. The van der Waals surface area contributed by atoms with Gasteiger partial charge in [-0.25, -0.2) is 0 Å². The average Bonchev–Trinajstić information content (AvgIpc) is 2.77. The molecule has 1 heterocycles. The van der Waals surface area contributed by atoms with Gasteiger partial charge in [0.25, 0.3) is 0 Å². The number of hydrogen-bond donors (Lipinski definition) is 0. The Morgan fingerprint density at radius 1 is 1.06 bits per heavy atom. The van der Waals surface area contributed by atoms with Gasteiger partial charge in [0.05, 0.1) is 5.52 Å². The number of carbonyl (C=O) groups excluding carboxylic acids is 1. The third-order valence-corrected chi connectivity index (χ3v) is 3.45. The van der Waals surface area contributed by atoms with Crippen molar-refractivity contribution in [1.82, 2.24) is 4.57 Å². The lowest BCUT2D eigenvalue weighted by molar-refractivity contribution is 0.112. The van der Waals surface area contributed by atoms with Crippen LogP contribution in [0.3, 0.4) is 0 Å². The maximum Gasteiger partial charge on any atom is 0.152 e. The highest BCUT2D eigenvalue weighted by Crippen LogP contribution is 2.26. The van der Waals surface area contributed by atoms with Crippen LogP contribution in [0.5, 0.6) is 0 Å². The number of aldehydes is 1. The Hall–Kier alpha value is -1.87. The molecular formula is C15H10BrNO. The van der Waals surface area contributed by atoms with E-state index in [1.54, 1.807) is 0 Å². The fraction of sp³-hybridized carbons (Fsp3) is 0. The van der Waals surface area contributed by atoms with Crippen molar-refractivity contribution in [2.24, 2.45) is 0 Å². The SMILES string of the molecule is O=Cc1cn(-c2ccccc2)c2cc(Br)ccc12. The van der Waals surface area contributed by atoms with E-state index in [9.17, 15) is 4.79 Å². The summed E-state index contributed by atoms with van der Waals surface area (Å²) in [5.41, 5.74) is 2.78. The Morgan fingerprint density at radius 3 is 2.56 bits per heavy atom. The summed E-state index contributed by atoms with van der Waals surface area (Å²) in [6, 6.07) is 15.9. The summed E-state index contributed by atoms with van der Waals surface area (Å²) in [5.74, 6) is 0. The molecule has 0 atom stereocenters. The summed E-state index contributed by atoms with van der Waals surface area (Å²) in [6.45, 7) is 0. The molecule has 0 aliphatic heterocycles. The molecule has 1 aromatic heterocycles. The van der Waals surface area contributed by atoms with Crippen molar-refractivity contribution in [1.29, 1.82) is 0 Å². The van der Waals surface area contributed by atoms with E-state index >= 15 is 0 Å². The average molecular weight is 300 g/mol. The molecule has 88 valence electrons. The molecule has 0 unspecified atom stereocenters. The van der Waals surface area contributed by atoms with Gasteiger partial charge in [0.2, 0.25) is 0 Å². The second-order valence-corrected chi connectivity index (χ2v) is 4.98. The molecule has 0 saturated carbocycles. The first-order valence-electron chi connectivity index (χ1n) is 5.61. The standard InChI is InChI=1S/C15H10BrNO/c16-12-6-7-14-11(10-18)9-17(15(14)8-12)13-4-2-1-3-5-13/h1-10H. The Kier molecular flexibility index (Phi) is 2.76. The topological polar surface area (TPSA) is 22.0 Å². The number of aromatic nitrogens is 1. The van der Waals surface area contributed by atoms with Crippen molar-refractivity contribution >= 4 is 33.1 Å². The van der Waals surface area contributed by atoms with Gasteiger partial charge in [0.15, 0.2) is 6.29 Å². The van der Waals surface area contributed by atoms with Crippen molar-refractivity contribution in [2.45, 2.75) is 0 Å². The van der Waals surface area contributed by atoms with Crippen LogP contribution in [-0.4, -0.2) is 10.9 Å². The van der Waals surface area contributed by atoms with Crippen molar-refractivity contribution in [3.8, 4) is 5.69 Å². The van der Waals surface area contributed by atoms with Crippen LogP contribution in [0, 0.1) is 0 Å². The number of para-hydroxylation sites is 1. The number of nitrogens with zero attached hydrogens (tertiary/aromatic N) is 1. The predicted molar refractivity (Wildman–Crippen MR) is 76.4 cm³/mol.